The van der Waals surface area contributed by atoms with Gasteiger partial charge < -0.3 is 16.4 Å². The second-order valence-electron chi connectivity index (χ2n) is 5.61. The van der Waals surface area contributed by atoms with Gasteiger partial charge in [0.2, 0.25) is 11.8 Å². The van der Waals surface area contributed by atoms with Crippen molar-refractivity contribution in [1.82, 2.24) is 5.32 Å². The van der Waals surface area contributed by atoms with Crippen molar-refractivity contribution < 1.29 is 22.8 Å². The minimum Gasteiger partial charge on any atom is -0.347 e. The number of rotatable bonds is 5. The predicted octanol–water partition coefficient (Wildman–Crippen LogP) is 2.10. The van der Waals surface area contributed by atoms with Gasteiger partial charge in [-0.2, -0.15) is 0 Å². The molecular weight excluding hydrogens is 347 g/mol. The molecule has 9 heteroatoms. The molecule has 1 aromatic rings. The van der Waals surface area contributed by atoms with Gasteiger partial charge in [0.25, 0.3) is 0 Å². The van der Waals surface area contributed by atoms with Crippen molar-refractivity contribution in [2.45, 2.75) is 31.7 Å². The van der Waals surface area contributed by atoms with Crippen LogP contribution in [0.2, 0.25) is 0 Å². The van der Waals surface area contributed by atoms with E-state index >= 15 is 0 Å². The summed E-state index contributed by atoms with van der Waals surface area (Å²) in [4.78, 5) is 23.4. The van der Waals surface area contributed by atoms with Gasteiger partial charge in [-0.1, -0.05) is 6.42 Å². The molecule has 24 heavy (non-hydrogen) atoms. The minimum absolute atomic E-state index is 0. The Morgan fingerprint density at radius 3 is 2.46 bits per heavy atom. The first-order valence-corrected chi connectivity index (χ1v) is 7.34. The maximum Gasteiger partial charge on any atom is 0.243 e. The Balaban J connectivity index is 0.00000288. The first-order chi connectivity index (χ1) is 10.9. The SMILES string of the molecule is Cl.N[C@@H]1CCC[C@H]1CC(=O)NCC(=O)Nc1ccc(F)c(F)c1F. The summed E-state index contributed by atoms with van der Waals surface area (Å²) in [5, 5.41) is 4.47. The molecule has 1 aliphatic carbocycles. The van der Waals surface area contributed by atoms with E-state index < -0.39 is 29.0 Å². The van der Waals surface area contributed by atoms with E-state index in [0.29, 0.717) is 6.07 Å². The fourth-order valence-electron chi connectivity index (χ4n) is 2.62. The second kappa shape index (κ2) is 8.89. The van der Waals surface area contributed by atoms with Crippen LogP contribution in [0.4, 0.5) is 18.9 Å². The predicted molar refractivity (Wildman–Crippen MR) is 85.1 cm³/mol. The molecule has 1 aliphatic rings. The smallest absolute Gasteiger partial charge is 0.243 e. The zero-order chi connectivity index (χ0) is 17.0. The number of halogens is 4. The molecule has 0 saturated heterocycles. The third-order valence-electron chi connectivity index (χ3n) is 3.92. The van der Waals surface area contributed by atoms with Crippen LogP contribution in [0.5, 0.6) is 0 Å². The summed E-state index contributed by atoms with van der Waals surface area (Å²) in [6, 6.07) is 1.60. The third-order valence-corrected chi connectivity index (χ3v) is 3.92. The molecule has 2 rings (SSSR count). The van der Waals surface area contributed by atoms with Crippen LogP contribution in [0.15, 0.2) is 12.1 Å². The Morgan fingerprint density at radius 1 is 1.12 bits per heavy atom. The Bertz CT molecular complexity index is 616. The summed E-state index contributed by atoms with van der Waals surface area (Å²) < 4.78 is 39.2. The Hall–Kier alpha value is -1.80. The van der Waals surface area contributed by atoms with Crippen LogP contribution in [-0.4, -0.2) is 24.4 Å². The van der Waals surface area contributed by atoms with Crippen molar-refractivity contribution in [3.8, 4) is 0 Å². The van der Waals surface area contributed by atoms with Gasteiger partial charge in [0.1, 0.15) is 0 Å². The molecular formula is C15H19ClF3N3O2. The van der Waals surface area contributed by atoms with Crippen LogP contribution >= 0.6 is 12.4 Å². The molecule has 1 saturated carbocycles. The van der Waals surface area contributed by atoms with Crippen molar-refractivity contribution in [2.24, 2.45) is 11.7 Å². The first kappa shape index (κ1) is 20.2. The third kappa shape index (κ3) is 5.10. The van der Waals surface area contributed by atoms with Gasteiger partial charge in [-0.25, -0.2) is 13.2 Å². The van der Waals surface area contributed by atoms with E-state index in [2.05, 4.69) is 10.6 Å². The van der Waals surface area contributed by atoms with Crippen LogP contribution < -0.4 is 16.4 Å². The molecule has 1 fully saturated rings. The number of hydrogen-bond acceptors (Lipinski definition) is 3. The van der Waals surface area contributed by atoms with Crippen molar-refractivity contribution in [3.05, 3.63) is 29.6 Å². The largest absolute Gasteiger partial charge is 0.347 e. The molecule has 0 unspecified atom stereocenters. The van der Waals surface area contributed by atoms with Gasteiger partial charge in [-0.3, -0.25) is 9.59 Å². The summed E-state index contributed by atoms with van der Waals surface area (Å²) in [7, 11) is 0. The summed E-state index contributed by atoms with van der Waals surface area (Å²) in [6.45, 7) is -0.390. The number of carbonyl (C=O) groups excluding carboxylic acids is 2. The lowest BCUT2D eigenvalue weighted by Gasteiger charge is -2.14. The van der Waals surface area contributed by atoms with Crippen LogP contribution in [0, 0.1) is 23.4 Å². The van der Waals surface area contributed by atoms with Crippen LogP contribution in [0.1, 0.15) is 25.7 Å². The summed E-state index contributed by atoms with van der Waals surface area (Å²) in [5.41, 5.74) is 5.38. The lowest BCUT2D eigenvalue weighted by Crippen LogP contribution is -2.36. The maximum absolute atomic E-state index is 13.4. The molecule has 0 aliphatic heterocycles. The van der Waals surface area contributed by atoms with E-state index in [1.54, 1.807) is 0 Å². The van der Waals surface area contributed by atoms with Crippen LogP contribution in [-0.2, 0) is 9.59 Å². The Kier molecular flexibility index (Phi) is 7.50. The van der Waals surface area contributed by atoms with E-state index in [0.717, 1.165) is 25.3 Å². The van der Waals surface area contributed by atoms with E-state index in [9.17, 15) is 22.8 Å². The summed E-state index contributed by atoms with van der Waals surface area (Å²) in [6.07, 6.45) is 2.97. The van der Waals surface area contributed by atoms with Crippen molar-refractivity contribution in [1.29, 1.82) is 0 Å². The van der Waals surface area contributed by atoms with E-state index in [-0.39, 0.29) is 43.2 Å². The summed E-state index contributed by atoms with van der Waals surface area (Å²) in [5.74, 6) is -5.46. The highest BCUT2D eigenvalue weighted by atomic mass is 35.5. The maximum atomic E-state index is 13.4. The lowest BCUT2D eigenvalue weighted by atomic mass is 10.00. The standard InChI is InChI=1S/C15H18F3N3O2.ClH/c16-9-4-5-11(15(18)14(9)17)21-13(23)7-20-12(22)6-8-2-1-3-10(8)19;/h4-5,8,10H,1-3,6-7,19H2,(H,20,22)(H,21,23);1H/t8-,10+;/m0./s1. The Labute approximate surface area is 143 Å². The fourth-order valence-corrected chi connectivity index (χ4v) is 2.62. The average Bonchev–Trinajstić information content (AvgIpc) is 2.91. The van der Waals surface area contributed by atoms with Crippen molar-refractivity contribution in [3.63, 3.8) is 0 Å². The molecule has 2 amide bonds. The molecule has 0 aromatic heterocycles. The highest BCUT2D eigenvalue weighted by molar-refractivity contribution is 5.94. The van der Waals surface area contributed by atoms with E-state index in [1.807, 2.05) is 0 Å². The molecule has 0 radical (unpaired) electrons. The minimum atomic E-state index is -1.66. The molecule has 0 spiro atoms. The van der Waals surface area contributed by atoms with Crippen molar-refractivity contribution >= 4 is 29.9 Å². The molecule has 2 atom stereocenters. The number of hydrogen-bond donors (Lipinski definition) is 3. The molecule has 0 heterocycles. The molecule has 0 bridgehead atoms. The number of benzene rings is 1. The Morgan fingerprint density at radius 2 is 1.83 bits per heavy atom. The van der Waals surface area contributed by atoms with Gasteiger partial charge in [0.15, 0.2) is 17.5 Å². The summed E-state index contributed by atoms with van der Waals surface area (Å²) >= 11 is 0. The first-order valence-electron chi connectivity index (χ1n) is 7.34. The average molecular weight is 366 g/mol. The van der Waals surface area contributed by atoms with E-state index in [4.69, 9.17) is 5.73 Å². The number of nitrogens with two attached hydrogens (primary N) is 1. The number of anilines is 1. The number of amides is 2. The van der Waals surface area contributed by atoms with Gasteiger partial charge in [-0.15, -0.1) is 12.4 Å². The van der Waals surface area contributed by atoms with Gasteiger partial charge >= 0.3 is 0 Å². The highest BCUT2D eigenvalue weighted by Crippen LogP contribution is 2.26. The lowest BCUT2D eigenvalue weighted by molar-refractivity contribution is -0.124. The van der Waals surface area contributed by atoms with Crippen LogP contribution in [0.25, 0.3) is 0 Å². The fraction of sp³-hybridized carbons (Fsp3) is 0.467. The van der Waals surface area contributed by atoms with E-state index in [1.165, 1.54) is 0 Å². The topological polar surface area (TPSA) is 84.2 Å². The quantitative estimate of drug-likeness (QED) is 0.699. The van der Waals surface area contributed by atoms with Gasteiger partial charge in [0.05, 0.1) is 12.2 Å². The van der Waals surface area contributed by atoms with Gasteiger partial charge in [0, 0.05) is 12.5 Å². The zero-order valence-electron chi connectivity index (χ0n) is 12.8. The molecule has 134 valence electrons. The zero-order valence-corrected chi connectivity index (χ0v) is 13.6. The molecule has 1 aromatic carbocycles. The number of nitrogens with one attached hydrogen (secondary N) is 2. The van der Waals surface area contributed by atoms with Crippen molar-refractivity contribution in [2.75, 3.05) is 11.9 Å². The van der Waals surface area contributed by atoms with Gasteiger partial charge in [-0.05, 0) is 30.9 Å². The second-order valence-corrected chi connectivity index (χ2v) is 5.61. The monoisotopic (exact) mass is 365 g/mol. The highest BCUT2D eigenvalue weighted by Gasteiger charge is 2.26. The number of carbonyl (C=O) groups is 2. The molecule has 5 nitrogen and oxygen atoms in total. The normalized spacial score (nSPS) is 19.5. The molecule has 4 N–H and O–H groups in total. The van der Waals surface area contributed by atoms with Crippen LogP contribution in [0.3, 0.4) is 0 Å².